The highest BCUT2D eigenvalue weighted by atomic mass is 32.1. The number of thiophene rings is 1. The lowest BCUT2D eigenvalue weighted by atomic mass is 10.1. The summed E-state index contributed by atoms with van der Waals surface area (Å²) in [7, 11) is -4.28. The fourth-order valence-electron chi connectivity index (χ4n) is 4.22. The van der Waals surface area contributed by atoms with E-state index in [0.717, 1.165) is 0 Å². The van der Waals surface area contributed by atoms with Gasteiger partial charge in [-0.2, -0.15) is 0 Å². The molecule has 15 heteroatoms. The number of para-hydroxylation sites is 2. The zero-order valence-corrected chi connectivity index (χ0v) is 27.0. The van der Waals surface area contributed by atoms with Crippen LogP contribution in [-0.4, -0.2) is 53.3 Å². The fourth-order valence-corrected chi connectivity index (χ4v) is 6.69. The number of amides is 3. The second-order valence-electron chi connectivity index (χ2n) is 10.2. The number of carbonyl (C=O) groups excluding carboxylic acids is 3. The van der Waals surface area contributed by atoms with Crippen molar-refractivity contribution in [1.82, 2.24) is 16.0 Å². The Morgan fingerprint density at radius 3 is 1.94 bits per heavy atom. The molecule has 0 aliphatic rings. The van der Waals surface area contributed by atoms with Crippen LogP contribution in [0.2, 0.25) is 0 Å². The summed E-state index contributed by atoms with van der Waals surface area (Å²) >= 11 is 1.17. The lowest BCUT2D eigenvalue weighted by Gasteiger charge is -2.29. The van der Waals surface area contributed by atoms with E-state index in [0.29, 0.717) is 16.1 Å². The molecule has 0 fully saturated rings. The average molecular weight is 679 g/mol. The minimum Gasteiger partial charge on any atom is -0.415 e. The fraction of sp³-hybridized carbons (Fsp3) is 0.188. The summed E-state index contributed by atoms with van der Waals surface area (Å²) in [5.41, 5.74) is 12.1. The molecule has 1 heterocycles. The van der Waals surface area contributed by atoms with Crippen molar-refractivity contribution in [3.8, 4) is 11.5 Å². The van der Waals surface area contributed by atoms with Gasteiger partial charge >= 0.3 is 7.60 Å². The van der Waals surface area contributed by atoms with Crippen LogP contribution in [0.5, 0.6) is 11.5 Å². The number of guanidine groups is 1. The topological polar surface area (TPSA) is 207 Å². The molecule has 47 heavy (non-hydrogen) atoms. The number of benzene rings is 3. The van der Waals surface area contributed by atoms with Gasteiger partial charge in [0.1, 0.15) is 23.6 Å². The highest BCUT2D eigenvalue weighted by Crippen LogP contribution is 2.53. The third kappa shape index (κ3) is 10.2. The molecule has 3 aromatic carbocycles. The average Bonchev–Trinajstić information content (AvgIpc) is 3.60. The first kappa shape index (κ1) is 34.7. The van der Waals surface area contributed by atoms with Gasteiger partial charge in [0.15, 0.2) is 11.7 Å². The van der Waals surface area contributed by atoms with Crippen LogP contribution >= 0.6 is 18.9 Å². The van der Waals surface area contributed by atoms with Crippen molar-refractivity contribution in [3.63, 3.8) is 0 Å². The summed E-state index contributed by atoms with van der Waals surface area (Å²) in [6.07, 6.45) is -0.0262. The Bertz CT molecular complexity index is 1660. The number of hydrogen-bond donors (Lipinski definition) is 6. The van der Waals surface area contributed by atoms with Crippen LogP contribution in [0.25, 0.3) is 0 Å². The molecule has 0 saturated carbocycles. The maximum atomic E-state index is 14.8. The van der Waals surface area contributed by atoms with Crippen molar-refractivity contribution in [2.75, 3.05) is 6.61 Å². The summed E-state index contributed by atoms with van der Waals surface area (Å²) < 4.78 is 26.8. The molecule has 3 atom stereocenters. The van der Waals surface area contributed by atoms with Crippen LogP contribution in [-0.2, 0) is 20.6 Å². The van der Waals surface area contributed by atoms with Crippen LogP contribution < -0.4 is 36.5 Å². The molecule has 0 saturated heterocycles. The number of aliphatic hydroxyl groups is 1. The van der Waals surface area contributed by atoms with Gasteiger partial charge in [-0.1, -0.05) is 54.6 Å². The molecule has 0 aliphatic heterocycles. The van der Waals surface area contributed by atoms with E-state index >= 15 is 0 Å². The van der Waals surface area contributed by atoms with Gasteiger partial charge in [-0.3, -0.25) is 14.4 Å². The van der Waals surface area contributed by atoms with Crippen LogP contribution in [0, 0.1) is 0 Å². The number of nitrogens with one attached hydrogen (secondary N) is 3. The lowest BCUT2D eigenvalue weighted by Crippen LogP contribution is -2.55. The SMILES string of the molecule is C[C@H](NC(=O)[C@@H](CO)NC(=O)c1cccs1)C(=O)NC(Cc1ccc(N=C(N)N)cc1)P(=O)(Oc1ccccc1)Oc1ccccc1. The van der Waals surface area contributed by atoms with Gasteiger partial charge in [0.05, 0.1) is 17.2 Å². The first-order chi connectivity index (χ1) is 22.6. The minimum atomic E-state index is -4.28. The Hall–Kier alpha value is -5.17. The second-order valence-corrected chi connectivity index (χ2v) is 13.2. The summed E-state index contributed by atoms with van der Waals surface area (Å²) in [6, 6.07) is 24.2. The van der Waals surface area contributed by atoms with E-state index in [4.69, 9.17) is 20.5 Å². The number of aliphatic imine (C=N–C) groups is 1. The van der Waals surface area contributed by atoms with Crippen LogP contribution in [0.1, 0.15) is 22.2 Å². The molecular weight excluding hydrogens is 643 g/mol. The number of nitrogens with two attached hydrogens (primary N) is 2. The van der Waals surface area contributed by atoms with E-state index in [-0.39, 0.29) is 23.9 Å². The van der Waals surface area contributed by atoms with Gasteiger partial charge in [-0.15, -0.1) is 11.3 Å². The van der Waals surface area contributed by atoms with Crippen LogP contribution in [0.3, 0.4) is 0 Å². The molecule has 0 radical (unpaired) electrons. The van der Waals surface area contributed by atoms with Gasteiger partial charge in [0.25, 0.3) is 5.91 Å². The molecule has 4 aromatic rings. The number of hydrogen-bond acceptors (Lipinski definition) is 9. The molecule has 246 valence electrons. The highest BCUT2D eigenvalue weighted by Gasteiger charge is 2.41. The second kappa shape index (κ2) is 16.4. The number of rotatable bonds is 15. The molecule has 1 unspecified atom stereocenters. The molecular formula is C32H35N6O7PS. The maximum Gasteiger partial charge on any atom is 0.453 e. The van der Waals surface area contributed by atoms with E-state index in [1.165, 1.54) is 18.3 Å². The zero-order valence-electron chi connectivity index (χ0n) is 25.3. The molecule has 0 bridgehead atoms. The molecule has 3 amide bonds. The largest absolute Gasteiger partial charge is 0.453 e. The van der Waals surface area contributed by atoms with E-state index in [1.807, 2.05) is 0 Å². The maximum absolute atomic E-state index is 14.8. The Kier molecular flexibility index (Phi) is 12.1. The molecule has 13 nitrogen and oxygen atoms in total. The first-order valence-corrected chi connectivity index (χ1v) is 16.9. The number of nitrogens with zero attached hydrogens (tertiary/aromatic N) is 1. The molecule has 1 aromatic heterocycles. The Morgan fingerprint density at radius 1 is 0.830 bits per heavy atom. The van der Waals surface area contributed by atoms with E-state index in [1.54, 1.807) is 102 Å². The Labute approximate surface area is 275 Å². The highest BCUT2D eigenvalue weighted by molar-refractivity contribution is 7.55. The van der Waals surface area contributed by atoms with Crippen molar-refractivity contribution in [2.45, 2.75) is 31.2 Å². The zero-order chi connectivity index (χ0) is 33.8. The molecule has 4 rings (SSSR count). The predicted molar refractivity (Wildman–Crippen MR) is 180 cm³/mol. The van der Waals surface area contributed by atoms with Crippen molar-refractivity contribution in [2.24, 2.45) is 16.5 Å². The third-order valence-electron chi connectivity index (χ3n) is 6.57. The third-order valence-corrected chi connectivity index (χ3v) is 9.44. The van der Waals surface area contributed by atoms with E-state index in [2.05, 4.69) is 20.9 Å². The lowest BCUT2D eigenvalue weighted by molar-refractivity contribution is -0.130. The quantitative estimate of drug-likeness (QED) is 0.0619. The van der Waals surface area contributed by atoms with Crippen LogP contribution in [0.15, 0.2) is 107 Å². The van der Waals surface area contributed by atoms with Gasteiger partial charge < -0.3 is 41.6 Å². The predicted octanol–water partition coefficient (Wildman–Crippen LogP) is 3.28. The van der Waals surface area contributed by atoms with Crippen LogP contribution in [0.4, 0.5) is 5.69 Å². The number of aliphatic hydroxyl groups excluding tert-OH is 1. The molecule has 8 N–H and O–H groups in total. The normalized spacial score (nSPS) is 12.9. The molecule has 0 spiro atoms. The van der Waals surface area contributed by atoms with Crippen molar-refractivity contribution in [3.05, 3.63) is 113 Å². The van der Waals surface area contributed by atoms with E-state index < -0.39 is 49.8 Å². The Balaban J connectivity index is 1.59. The van der Waals surface area contributed by atoms with Crippen molar-refractivity contribution in [1.29, 1.82) is 0 Å². The summed E-state index contributed by atoms with van der Waals surface area (Å²) in [5, 5.41) is 19.2. The summed E-state index contributed by atoms with van der Waals surface area (Å²) in [4.78, 5) is 43.3. The van der Waals surface area contributed by atoms with Gasteiger partial charge in [0, 0.05) is 6.42 Å². The first-order valence-electron chi connectivity index (χ1n) is 14.4. The summed E-state index contributed by atoms with van der Waals surface area (Å²) in [6.45, 7) is 0.700. The Morgan fingerprint density at radius 2 is 1.43 bits per heavy atom. The van der Waals surface area contributed by atoms with Gasteiger partial charge in [-0.05, 0) is 60.3 Å². The van der Waals surface area contributed by atoms with Crippen molar-refractivity contribution >= 4 is 48.3 Å². The van der Waals surface area contributed by atoms with E-state index in [9.17, 15) is 24.1 Å². The van der Waals surface area contributed by atoms with Gasteiger partial charge in [0.2, 0.25) is 11.8 Å². The summed E-state index contributed by atoms with van der Waals surface area (Å²) in [5.74, 6) is -2.98. The molecule has 0 aliphatic carbocycles. The number of carbonyl (C=O) groups is 3. The van der Waals surface area contributed by atoms with Crippen molar-refractivity contribution < 1.29 is 33.1 Å². The minimum absolute atomic E-state index is 0.0262. The smallest absolute Gasteiger partial charge is 0.415 e. The standard InChI is InChI=1S/C32H35N6O7PS/c1-21(35-30(41)26(20-39)37-31(42)27-13-8-18-47-27)29(40)38-28(19-22-14-16-23(17-15-22)36-32(33)34)46(43,44-24-9-4-2-5-10-24)45-25-11-6-3-7-12-25/h2-18,21,26,28,39H,19-20H2,1H3,(H,35,41)(H,37,42)(H,38,40)(H4,33,34,36)/t21-,26+,28?/m0/s1. The van der Waals surface area contributed by atoms with Gasteiger partial charge in [-0.25, -0.2) is 9.56 Å². The monoisotopic (exact) mass is 678 g/mol.